The Morgan fingerprint density at radius 3 is 2.95 bits per heavy atom. The molecular weight excluding hydrogens is 300 g/mol. The molecule has 1 aliphatic rings. The predicted molar refractivity (Wildman–Crippen MR) is 82.6 cm³/mol. The summed E-state index contributed by atoms with van der Waals surface area (Å²) >= 11 is 1.62. The van der Waals surface area contributed by atoms with Gasteiger partial charge in [-0.15, -0.1) is 11.3 Å². The summed E-state index contributed by atoms with van der Waals surface area (Å²) in [4.78, 5) is 23.3. The zero-order valence-electron chi connectivity index (χ0n) is 13.1. The van der Waals surface area contributed by atoms with Crippen LogP contribution in [-0.2, 0) is 11.2 Å². The van der Waals surface area contributed by atoms with E-state index >= 15 is 0 Å². The lowest BCUT2D eigenvalue weighted by molar-refractivity contribution is -0.131. The minimum Gasteiger partial charge on any atom is -0.340 e. The van der Waals surface area contributed by atoms with E-state index in [9.17, 15) is 4.79 Å². The number of rotatable bonds is 4. The summed E-state index contributed by atoms with van der Waals surface area (Å²) < 4.78 is 5.04. The summed E-state index contributed by atoms with van der Waals surface area (Å²) in [5.74, 6) is 1.64. The SMILES string of the molecule is Cc1nc([C@H]2CCCN2C(=O)Cc2csc(C(C)C)n2)no1. The van der Waals surface area contributed by atoms with Gasteiger partial charge in [0, 0.05) is 24.8 Å². The van der Waals surface area contributed by atoms with Crippen LogP contribution in [0.3, 0.4) is 0 Å². The maximum absolute atomic E-state index is 12.6. The Morgan fingerprint density at radius 2 is 2.32 bits per heavy atom. The topological polar surface area (TPSA) is 72.1 Å². The third kappa shape index (κ3) is 3.04. The lowest BCUT2D eigenvalue weighted by Gasteiger charge is -2.21. The molecule has 1 fully saturated rings. The molecule has 3 rings (SSSR count). The number of nitrogens with zero attached hydrogens (tertiary/aromatic N) is 4. The molecule has 0 aliphatic carbocycles. The Hall–Kier alpha value is -1.76. The van der Waals surface area contributed by atoms with Gasteiger partial charge in [-0.3, -0.25) is 4.79 Å². The number of carbonyl (C=O) groups excluding carboxylic acids is 1. The normalized spacial score (nSPS) is 18.4. The molecule has 22 heavy (non-hydrogen) atoms. The molecule has 1 saturated heterocycles. The fraction of sp³-hybridized carbons (Fsp3) is 0.600. The van der Waals surface area contributed by atoms with Crippen molar-refractivity contribution in [2.24, 2.45) is 0 Å². The maximum atomic E-state index is 12.6. The van der Waals surface area contributed by atoms with E-state index in [0.717, 1.165) is 30.1 Å². The van der Waals surface area contributed by atoms with E-state index in [1.165, 1.54) is 0 Å². The zero-order valence-corrected chi connectivity index (χ0v) is 13.9. The number of aromatic nitrogens is 3. The van der Waals surface area contributed by atoms with Crippen molar-refractivity contribution in [1.29, 1.82) is 0 Å². The second-order valence-corrected chi connectivity index (χ2v) is 6.81. The summed E-state index contributed by atoms with van der Waals surface area (Å²) in [7, 11) is 0. The van der Waals surface area contributed by atoms with Crippen LogP contribution < -0.4 is 0 Å². The lowest BCUT2D eigenvalue weighted by Crippen LogP contribution is -2.32. The predicted octanol–water partition coefficient (Wildman–Crippen LogP) is 2.86. The quantitative estimate of drug-likeness (QED) is 0.866. The van der Waals surface area contributed by atoms with E-state index in [4.69, 9.17) is 4.52 Å². The number of thiazole rings is 1. The number of carbonyl (C=O) groups is 1. The monoisotopic (exact) mass is 320 g/mol. The van der Waals surface area contributed by atoms with Crippen LogP contribution in [0.2, 0.25) is 0 Å². The van der Waals surface area contributed by atoms with E-state index in [-0.39, 0.29) is 11.9 Å². The lowest BCUT2D eigenvalue weighted by atomic mass is 10.2. The van der Waals surface area contributed by atoms with Crippen molar-refractivity contribution in [1.82, 2.24) is 20.0 Å². The number of amides is 1. The molecule has 2 aromatic rings. The molecule has 2 aromatic heterocycles. The Bertz CT molecular complexity index is 664. The molecule has 0 radical (unpaired) electrons. The van der Waals surface area contributed by atoms with Gasteiger partial charge in [-0.25, -0.2) is 4.98 Å². The van der Waals surface area contributed by atoms with Crippen molar-refractivity contribution in [3.05, 3.63) is 27.8 Å². The van der Waals surface area contributed by atoms with Crippen molar-refractivity contribution < 1.29 is 9.32 Å². The van der Waals surface area contributed by atoms with Gasteiger partial charge in [0.2, 0.25) is 11.8 Å². The fourth-order valence-electron chi connectivity index (χ4n) is 2.71. The van der Waals surface area contributed by atoms with E-state index in [2.05, 4.69) is 29.0 Å². The molecular formula is C15H20N4O2S. The first-order valence-corrected chi connectivity index (χ1v) is 8.46. The molecule has 0 N–H and O–H groups in total. The molecule has 0 unspecified atom stereocenters. The van der Waals surface area contributed by atoms with Gasteiger partial charge >= 0.3 is 0 Å². The molecule has 0 spiro atoms. The molecule has 0 saturated carbocycles. The van der Waals surface area contributed by atoms with Gasteiger partial charge in [-0.2, -0.15) is 4.98 Å². The van der Waals surface area contributed by atoms with Crippen LogP contribution in [-0.4, -0.2) is 32.5 Å². The van der Waals surface area contributed by atoms with Crippen LogP contribution in [0, 0.1) is 6.92 Å². The van der Waals surface area contributed by atoms with Crippen LogP contribution in [0.25, 0.3) is 0 Å². The van der Waals surface area contributed by atoms with Crippen molar-refractivity contribution in [3.8, 4) is 0 Å². The standard InChI is InChI=1S/C15H20N4O2S/c1-9(2)15-17-11(8-22-15)7-13(20)19-6-4-5-12(19)14-16-10(3)21-18-14/h8-9,12H,4-7H2,1-3H3/t12-/m1/s1. The highest BCUT2D eigenvalue weighted by atomic mass is 32.1. The van der Waals surface area contributed by atoms with Crippen molar-refractivity contribution in [2.45, 2.75) is 52.0 Å². The van der Waals surface area contributed by atoms with E-state index < -0.39 is 0 Å². The second kappa shape index (κ2) is 6.16. The third-order valence-electron chi connectivity index (χ3n) is 3.81. The first-order chi connectivity index (χ1) is 10.5. The van der Waals surface area contributed by atoms with Gasteiger partial charge in [0.05, 0.1) is 23.2 Å². The summed E-state index contributed by atoms with van der Waals surface area (Å²) in [6.45, 7) is 6.73. The van der Waals surface area contributed by atoms with Crippen LogP contribution in [0.1, 0.15) is 61.1 Å². The minimum absolute atomic E-state index is 0.0619. The Balaban J connectivity index is 1.70. The van der Waals surface area contributed by atoms with Crippen LogP contribution >= 0.6 is 11.3 Å². The number of hydrogen-bond acceptors (Lipinski definition) is 6. The Morgan fingerprint density at radius 1 is 1.50 bits per heavy atom. The van der Waals surface area contributed by atoms with Crippen LogP contribution in [0.4, 0.5) is 0 Å². The van der Waals surface area contributed by atoms with E-state index in [1.54, 1.807) is 18.3 Å². The third-order valence-corrected chi connectivity index (χ3v) is 5.00. The average molecular weight is 320 g/mol. The number of likely N-dealkylation sites (tertiary alicyclic amines) is 1. The summed E-state index contributed by atoms with van der Waals surface area (Å²) in [5, 5.41) is 7.03. The van der Waals surface area contributed by atoms with Crippen molar-refractivity contribution in [3.63, 3.8) is 0 Å². The zero-order chi connectivity index (χ0) is 15.7. The largest absolute Gasteiger partial charge is 0.340 e. The maximum Gasteiger partial charge on any atom is 0.229 e. The molecule has 7 heteroatoms. The summed E-state index contributed by atoms with van der Waals surface area (Å²) in [5.41, 5.74) is 0.855. The molecule has 1 aliphatic heterocycles. The smallest absolute Gasteiger partial charge is 0.229 e. The Labute approximate surface area is 133 Å². The fourth-order valence-corrected chi connectivity index (χ4v) is 3.54. The van der Waals surface area contributed by atoms with Gasteiger partial charge in [0.15, 0.2) is 5.82 Å². The highest BCUT2D eigenvalue weighted by Gasteiger charge is 2.33. The Kier molecular flexibility index (Phi) is 4.24. The summed E-state index contributed by atoms with van der Waals surface area (Å²) in [6.07, 6.45) is 2.20. The van der Waals surface area contributed by atoms with Gasteiger partial charge < -0.3 is 9.42 Å². The number of aryl methyl sites for hydroxylation is 1. The van der Waals surface area contributed by atoms with Gasteiger partial charge in [-0.1, -0.05) is 19.0 Å². The average Bonchev–Trinajstić information content (AvgIpc) is 3.16. The van der Waals surface area contributed by atoms with E-state index in [1.807, 2.05) is 10.3 Å². The highest BCUT2D eigenvalue weighted by Crippen LogP contribution is 2.31. The van der Waals surface area contributed by atoms with Crippen LogP contribution in [0.5, 0.6) is 0 Å². The highest BCUT2D eigenvalue weighted by molar-refractivity contribution is 7.09. The van der Waals surface area contributed by atoms with Gasteiger partial charge in [0.25, 0.3) is 0 Å². The van der Waals surface area contributed by atoms with Crippen molar-refractivity contribution in [2.75, 3.05) is 6.54 Å². The molecule has 6 nitrogen and oxygen atoms in total. The molecule has 3 heterocycles. The van der Waals surface area contributed by atoms with Crippen LogP contribution in [0.15, 0.2) is 9.90 Å². The second-order valence-electron chi connectivity index (χ2n) is 5.93. The molecule has 118 valence electrons. The minimum atomic E-state index is -0.0619. The first kappa shape index (κ1) is 15.1. The van der Waals surface area contributed by atoms with Gasteiger partial charge in [-0.05, 0) is 12.8 Å². The molecule has 1 amide bonds. The molecule has 1 atom stereocenters. The van der Waals surface area contributed by atoms with Crippen molar-refractivity contribution >= 4 is 17.2 Å². The first-order valence-electron chi connectivity index (χ1n) is 7.58. The molecule has 0 bridgehead atoms. The van der Waals surface area contributed by atoms with Gasteiger partial charge in [0.1, 0.15) is 0 Å². The number of hydrogen-bond donors (Lipinski definition) is 0. The molecule has 0 aromatic carbocycles. The van der Waals surface area contributed by atoms with E-state index in [0.29, 0.717) is 24.1 Å². The summed E-state index contributed by atoms with van der Waals surface area (Å²) in [6, 6.07) is -0.0619.